The topological polar surface area (TPSA) is 136 Å². The van der Waals surface area contributed by atoms with Crippen molar-refractivity contribution in [1.82, 2.24) is 19.9 Å². The molecule has 0 saturated heterocycles. The predicted molar refractivity (Wildman–Crippen MR) is 150 cm³/mol. The summed E-state index contributed by atoms with van der Waals surface area (Å²) in [5.74, 6) is 1.69. The van der Waals surface area contributed by atoms with Crippen molar-refractivity contribution in [1.29, 1.82) is 0 Å². The van der Waals surface area contributed by atoms with Crippen LogP contribution in [0.5, 0.6) is 23.5 Å². The van der Waals surface area contributed by atoms with E-state index in [1.807, 2.05) is 18.2 Å². The Balaban J connectivity index is 1.44. The van der Waals surface area contributed by atoms with Crippen molar-refractivity contribution in [3.05, 3.63) is 64.3 Å². The normalized spacial score (nSPS) is 11.2. The summed E-state index contributed by atoms with van der Waals surface area (Å²) in [6.45, 7) is 6.95. The number of carbonyl (C=O) groups is 1. The SMILES string of the molecule is COc1nc(NCCCc2ncc[nH]2)nc(OC)c1NC(=O)c1ccc(Oc2cc(C(C)(C)C)ccc2Br)o1. The Morgan fingerprint density at radius 2 is 1.85 bits per heavy atom. The fourth-order valence-electron chi connectivity index (χ4n) is 3.62. The quantitative estimate of drug-likeness (QED) is 0.178. The van der Waals surface area contributed by atoms with E-state index in [2.05, 4.69) is 67.3 Å². The van der Waals surface area contributed by atoms with Crippen molar-refractivity contribution in [2.45, 2.75) is 39.0 Å². The number of hydrogen-bond acceptors (Lipinski definition) is 9. The molecule has 11 nitrogen and oxygen atoms in total. The number of H-pyrrole nitrogens is 1. The Kier molecular flexibility index (Phi) is 8.75. The number of benzene rings is 1. The summed E-state index contributed by atoms with van der Waals surface area (Å²) in [5, 5.41) is 5.85. The van der Waals surface area contributed by atoms with Crippen LogP contribution in [0.4, 0.5) is 11.6 Å². The molecule has 3 heterocycles. The van der Waals surface area contributed by atoms with Crippen molar-refractivity contribution in [2.24, 2.45) is 0 Å². The van der Waals surface area contributed by atoms with Gasteiger partial charge in [-0.1, -0.05) is 26.8 Å². The molecule has 0 fully saturated rings. The van der Waals surface area contributed by atoms with Crippen LogP contribution in [0.1, 0.15) is 49.1 Å². The molecule has 4 aromatic rings. The molecule has 0 aliphatic heterocycles. The number of imidazole rings is 1. The highest BCUT2D eigenvalue weighted by Crippen LogP contribution is 2.36. The molecule has 4 rings (SSSR count). The number of aryl methyl sites for hydroxylation is 1. The van der Waals surface area contributed by atoms with Crippen LogP contribution in [0.3, 0.4) is 0 Å². The van der Waals surface area contributed by atoms with Crippen molar-refractivity contribution in [2.75, 3.05) is 31.4 Å². The van der Waals surface area contributed by atoms with E-state index in [0.29, 0.717) is 18.2 Å². The third kappa shape index (κ3) is 7.08. The lowest BCUT2D eigenvalue weighted by molar-refractivity contribution is 0.0990. The number of nitrogens with one attached hydrogen (secondary N) is 3. The molecule has 3 N–H and O–H groups in total. The molecule has 0 radical (unpaired) electrons. The first-order chi connectivity index (χ1) is 18.7. The van der Waals surface area contributed by atoms with E-state index < -0.39 is 5.91 Å². The summed E-state index contributed by atoms with van der Waals surface area (Å²) >= 11 is 3.50. The van der Waals surface area contributed by atoms with Crippen LogP contribution >= 0.6 is 15.9 Å². The Hall–Kier alpha value is -4.06. The van der Waals surface area contributed by atoms with Crippen LogP contribution in [-0.4, -0.2) is 46.6 Å². The number of aromatic amines is 1. The van der Waals surface area contributed by atoms with E-state index in [1.54, 1.807) is 18.5 Å². The lowest BCUT2D eigenvalue weighted by Crippen LogP contribution is -2.15. The van der Waals surface area contributed by atoms with Crippen molar-refractivity contribution in [3.63, 3.8) is 0 Å². The van der Waals surface area contributed by atoms with Crippen LogP contribution in [0, 0.1) is 0 Å². The van der Waals surface area contributed by atoms with Crippen LogP contribution < -0.4 is 24.8 Å². The smallest absolute Gasteiger partial charge is 0.291 e. The minimum atomic E-state index is -0.549. The molecule has 1 amide bonds. The number of rotatable bonds is 11. The summed E-state index contributed by atoms with van der Waals surface area (Å²) in [7, 11) is 2.89. The number of halogens is 1. The van der Waals surface area contributed by atoms with E-state index in [0.717, 1.165) is 28.7 Å². The molecule has 1 aromatic carbocycles. The number of hydrogen-bond donors (Lipinski definition) is 3. The molecule has 12 heteroatoms. The molecular weight excluding hydrogens is 568 g/mol. The van der Waals surface area contributed by atoms with Gasteiger partial charge in [0.1, 0.15) is 11.6 Å². The Morgan fingerprint density at radius 1 is 1.10 bits per heavy atom. The highest BCUT2D eigenvalue weighted by Gasteiger charge is 2.22. The molecule has 0 saturated carbocycles. The average Bonchev–Trinajstić information content (AvgIpc) is 3.60. The van der Waals surface area contributed by atoms with Crippen molar-refractivity contribution in [3.8, 4) is 23.5 Å². The lowest BCUT2D eigenvalue weighted by Gasteiger charge is -2.20. The second-order valence-electron chi connectivity index (χ2n) is 9.58. The minimum absolute atomic E-state index is 0.0253. The zero-order valence-corrected chi connectivity index (χ0v) is 24.0. The molecule has 3 aromatic heterocycles. The van der Waals surface area contributed by atoms with Crippen molar-refractivity contribution >= 4 is 33.5 Å². The number of furan rings is 1. The first-order valence-corrected chi connectivity index (χ1v) is 13.1. The van der Waals surface area contributed by atoms with Gasteiger partial charge in [0, 0.05) is 31.4 Å². The number of methoxy groups -OCH3 is 2. The summed E-state index contributed by atoms with van der Waals surface area (Å²) in [6, 6.07) is 8.98. The first-order valence-electron chi connectivity index (χ1n) is 12.3. The predicted octanol–water partition coefficient (Wildman–Crippen LogP) is 5.96. The number of amides is 1. The lowest BCUT2D eigenvalue weighted by atomic mass is 9.87. The van der Waals surface area contributed by atoms with Gasteiger partial charge in [-0.15, -0.1) is 0 Å². The Morgan fingerprint density at radius 3 is 2.49 bits per heavy atom. The second kappa shape index (κ2) is 12.2. The van der Waals surface area contributed by atoms with Gasteiger partial charge in [0.15, 0.2) is 11.4 Å². The molecule has 0 bridgehead atoms. The maximum Gasteiger partial charge on any atom is 0.291 e. The van der Waals surface area contributed by atoms with E-state index in [1.165, 1.54) is 20.3 Å². The van der Waals surface area contributed by atoms with Gasteiger partial charge in [0.2, 0.25) is 17.7 Å². The Bertz CT molecular complexity index is 1390. The fourth-order valence-corrected chi connectivity index (χ4v) is 3.95. The van der Waals surface area contributed by atoms with Gasteiger partial charge in [-0.3, -0.25) is 4.79 Å². The fraction of sp³-hybridized carbons (Fsp3) is 0.333. The highest BCUT2D eigenvalue weighted by atomic mass is 79.9. The van der Waals surface area contributed by atoms with Gasteiger partial charge in [0.05, 0.1) is 18.7 Å². The van der Waals surface area contributed by atoms with Crippen LogP contribution in [0.2, 0.25) is 0 Å². The average molecular weight is 599 g/mol. The summed E-state index contributed by atoms with van der Waals surface area (Å²) in [4.78, 5) is 29.0. The molecule has 0 spiro atoms. The third-order valence-corrected chi connectivity index (χ3v) is 6.36. The van der Waals surface area contributed by atoms with Crippen LogP contribution in [-0.2, 0) is 11.8 Å². The van der Waals surface area contributed by atoms with Gasteiger partial charge in [-0.2, -0.15) is 9.97 Å². The largest absolute Gasteiger partial charge is 0.479 e. The number of ether oxygens (including phenoxy) is 3. The number of aromatic nitrogens is 4. The maximum atomic E-state index is 13.0. The summed E-state index contributed by atoms with van der Waals surface area (Å²) in [5.41, 5.74) is 1.21. The van der Waals surface area contributed by atoms with E-state index >= 15 is 0 Å². The number of nitrogens with zero attached hydrogens (tertiary/aromatic N) is 3. The minimum Gasteiger partial charge on any atom is -0.479 e. The van der Waals surface area contributed by atoms with Gasteiger partial charge in [-0.05, 0) is 51.5 Å². The molecule has 0 aliphatic rings. The van der Waals surface area contributed by atoms with Gasteiger partial charge in [0.25, 0.3) is 11.9 Å². The summed E-state index contributed by atoms with van der Waals surface area (Å²) < 4.78 is 23.2. The van der Waals surface area contributed by atoms with E-state index in [4.69, 9.17) is 18.6 Å². The number of carbonyl (C=O) groups excluding carboxylic acids is 1. The monoisotopic (exact) mass is 598 g/mol. The molecule has 0 unspecified atom stereocenters. The maximum absolute atomic E-state index is 13.0. The third-order valence-electron chi connectivity index (χ3n) is 5.71. The van der Waals surface area contributed by atoms with E-state index in [-0.39, 0.29) is 34.6 Å². The van der Waals surface area contributed by atoms with Gasteiger partial charge < -0.3 is 34.2 Å². The molecule has 0 atom stereocenters. The number of anilines is 2. The van der Waals surface area contributed by atoms with Crippen molar-refractivity contribution < 1.29 is 23.4 Å². The standard InChI is InChI=1S/C27H31BrN6O5/c1-27(2,3)16-8-9-17(28)19(15-16)39-21-11-10-18(38-21)23(35)32-22-24(36-4)33-26(34-25(22)37-5)31-12-6-7-20-29-13-14-30-20/h8-11,13-15H,6-7,12H2,1-5H3,(H,29,30)(H,32,35)(H,31,33,34). The van der Waals surface area contributed by atoms with Gasteiger partial charge in [-0.25, -0.2) is 4.98 Å². The van der Waals surface area contributed by atoms with E-state index in [9.17, 15) is 4.79 Å². The Labute approximate surface area is 234 Å². The zero-order chi connectivity index (χ0) is 28.0. The highest BCUT2D eigenvalue weighted by molar-refractivity contribution is 9.10. The molecule has 206 valence electrons. The van der Waals surface area contributed by atoms with Gasteiger partial charge >= 0.3 is 0 Å². The summed E-state index contributed by atoms with van der Waals surface area (Å²) in [6.07, 6.45) is 5.09. The van der Waals surface area contributed by atoms with Crippen LogP contribution in [0.25, 0.3) is 0 Å². The first kappa shape index (κ1) is 28.0. The molecule has 0 aliphatic carbocycles. The zero-order valence-electron chi connectivity index (χ0n) is 22.4. The molecule has 39 heavy (non-hydrogen) atoms. The molecular formula is C27H31BrN6O5. The van der Waals surface area contributed by atoms with Crippen LogP contribution in [0.15, 0.2) is 51.6 Å². The second-order valence-corrected chi connectivity index (χ2v) is 10.4.